The summed E-state index contributed by atoms with van der Waals surface area (Å²) in [5.41, 5.74) is 0. The van der Waals surface area contributed by atoms with Crippen LogP contribution in [0.1, 0.15) is 19.8 Å². The minimum atomic E-state index is -1.56. The summed E-state index contributed by atoms with van der Waals surface area (Å²) < 4.78 is 15.2. The second-order valence-corrected chi connectivity index (χ2v) is 13.8. The van der Waals surface area contributed by atoms with Crippen molar-refractivity contribution in [2.24, 2.45) is 0 Å². The molecule has 0 heterocycles. The third-order valence-electron chi connectivity index (χ3n) is 2.78. The van der Waals surface area contributed by atoms with Gasteiger partial charge in [-0.25, -0.2) is 0 Å². The van der Waals surface area contributed by atoms with E-state index in [2.05, 4.69) is 50.9 Å². The summed E-state index contributed by atoms with van der Waals surface area (Å²) in [5, 5.41) is 0. The molecule has 0 saturated carbocycles. The largest absolute Gasteiger partial charge is 0.147 e. The molecule has 118 valence electrons. The average molecular weight is 427 g/mol. The van der Waals surface area contributed by atoms with Crippen LogP contribution >= 0.6 is 24.8 Å². The molecular formula is C15H24Cl2O2SiZr. The first-order chi connectivity index (χ1) is 8.99. The summed E-state index contributed by atoms with van der Waals surface area (Å²) in [7, 11) is -1.56. The fourth-order valence-electron chi connectivity index (χ4n) is 2.09. The summed E-state index contributed by atoms with van der Waals surface area (Å²) in [6.45, 7) is 9.44. The topological polar surface area (TPSA) is 18.5 Å². The van der Waals surface area contributed by atoms with Gasteiger partial charge < -0.3 is 0 Å². The van der Waals surface area contributed by atoms with Crippen molar-refractivity contribution >= 4 is 33.1 Å². The van der Waals surface area contributed by atoms with Gasteiger partial charge >= 0.3 is 129 Å². The maximum atomic E-state index is 6.17. The van der Waals surface area contributed by atoms with Crippen molar-refractivity contribution in [3.63, 3.8) is 0 Å². The van der Waals surface area contributed by atoms with Crippen molar-refractivity contribution < 1.29 is 32.4 Å². The van der Waals surface area contributed by atoms with Gasteiger partial charge in [-0.05, 0) is 0 Å². The van der Waals surface area contributed by atoms with E-state index < -0.39 is 31.6 Å². The van der Waals surface area contributed by atoms with Crippen LogP contribution in [-0.4, -0.2) is 14.9 Å². The van der Waals surface area contributed by atoms with E-state index in [1.54, 1.807) is 3.28 Å². The van der Waals surface area contributed by atoms with E-state index in [0.29, 0.717) is 0 Å². The Balaban J connectivity index is 0.00000200. The minimum Gasteiger partial charge on any atom is -0.147 e. The van der Waals surface area contributed by atoms with Gasteiger partial charge in [-0.15, -0.1) is 24.8 Å². The smallest absolute Gasteiger partial charge is 0.147 e. The molecule has 0 bridgehead atoms. The normalized spacial score (nSPS) is 16.8. The SMILES string of the molecule is CCOC1=[C]([Zr][C]2=CC=CC2)CC=C1O[Si](C)(C)C.Cl.Cl. The van der Waals surface area contributed by atoms with Gasteiger partial charge in [0, 0.05) is 0 Å². The Morgan fingerprint density at radius 1 is 1.19 bits per heavy atom. The van der Waals surface area contributed by atoms with Gasteiger partial charge in [-0.3, -0.25) is 0 Å². The number of halogens is 2. The standard InChI is InChI=1S/C10H17O2Si.C5H5.2ClH.Zr/c1-5-11-9-7-6-8-10(9)12-13(2,3)4;1-2-4-5-3-1;;;/h8H,5-6H2,1-4H3;1-3H,4H2;2*1H;. The van der Waals surface area contributed by atoms with Crippen LogP contribution in [0, 0.1) is 0 Å². The van der Waals surface area contributed by atoms with Crippen LogP contribution in [0.3, 0.4) is 0 Å². The van der Waals surface area contributed by atoms with E-state index in [-0.39, 0.29) is 24.8 Å². The average Bonchev–Trinajstić information content (AvgIpc) is 2.92. The molecule has 0 radical (unpaired) electrons. The second-order valence-electron chi connectivity index (χ2n) is 5.68. The van der Waals surface area contributed by atoms with Crippen LogP contribution < -0.4 is 0 Å². The van der Waals surface area contributed by atoms with Crippen molar-refractivity contribution in [3.8, 4) is 0 Å². The maximum absolute atomic E-state index is 6.17. The third kappa shape index (κ3) is 6.48. The molecule has 0 unspecified atom stereocenters. The van der Waals surface area contributed by atoms with Crippen LogP contribution in [0.25, 0.3) is 0 Å². The number of hydrogen-bond donors (Lipinski definition) is 0. The van der Waals surface area contributed by atoms with E-state index in [0.717, 1.165) is 31.0 Å². The van der Waals surface area contributed by atoms with E-state index in [1.165, 1.54) is 3.28 Å². The Morgan fingerprint density at radius 2 is 1.90 bits per heavy atom. The third-order valence-corrected chi connectivity index (χ3v) is 7.11. The minimum absolute atomic E-state index is 0. The molecule has 6 heteroatoms. The molecule has 2 rings (SSSR count). The molecule has 0 fully saturated rings. The monoisotopic (exact) mass is 424 g/mol. The molecule has 0 aromatic carbocycles. The first kappa shape index (κ1) is 21.2. The van der Waals surface area contributed by atoms with E-state index >= 15 is 0 Å². The maximum Gasteiger partial charge on any atom is -0.147 e. The molecule has 0 aromatic heterocycles. The summed E-state index contributed by atoms with van der Waals surface area (Å²) in [6.07, 6.45) is 11.1. The summed E-state index contributed by atoms with van der Waals surface area (Å²) in [4.78, 5) is 0. The fraction of sp³-hybridized carbons (Fsp3) is 0.467. The summed E-state index contributed by atoms with van der Waals surface area (Å²) in [6, 6.07) is 0. The van der Waals surface area contributed by atoms with Gasteiger partial charge in [0.2, 0.25) is 0 Å². The van der Waals surface area contributed by atoms with Crippen molar-refractivity contribution in [2.75, 3.05) is 6.61 Å². The van der Waals surface area contributed by atoms with Gasteiger partial charge in [0.25, 0.3) is 0 Å². The van der Waals surface area contributed by atoms with Gasteiger partial charge in [0.1, 0.15) is 0 Å². The molecule has 0 aliphatic heterocycles. The molecule has 2 aliphatic carbocycles. The van der Waals surface area contributed by atoms with Crippen LogP contribution in [0.2, 0.25) is 19.6 Å². The predicted octanol–water partition coefficient (Wildman–Crippen LogP) is 5.14. The number of ether oxygens (including phenoxy) is 1. The molecule has 0 spiro atoms. The Labute approximate surface area is 153 Å². The summed E-state index contributed by atoms with van der Waals surface area (Å²) >= 11 is -0.657. The zero-order valence-electron chi connectivity index (χ0n) is 13.1. The zero-order chi connectivity index (χ0) is 13.9. The first-order valence-corrected chi connectivity index (χ1v) is 12.7. The molecule has 2 nitrogen and oxygen atoms in total. The molecule has 0 amide bonds. The molecular weight excluding hydrogens is 402 g/mol. The number of allylic oxidation sites excluding steroid dienone is 6. The van der Waals surface area contributed by atoms with Crippen LogP contribution in [0.4, 0.5) is 0 Å². The van der Waals surface area contributed by atoms with Crippen LogP contribution in [0.5, 0.6) is 0 Å². The quantitative estimate of drug-likeness (QED) is 0.548. The molecule has 0 saturated heterocycles. The fourth-order valence-corrected chi connectivity index (χ4v) is 6.12. The Morgan fingerprint density at radius 3 is 2.43 bits per heavy atom. The van der Waals surface area contributed by atoms with E-state index in [9.17, 15) is 0 Å². The van der Waals surface area contributed by atoms with Crippen molar-refractivity contribution in [2.45, 2.75) is 39.4 Å². The predicted molar refractivity (Wildman–Crippen MR) is 92.1 cm³/mol. The van der Waals surface area contributed by atoms with Crippen LogP contribution in [-0.2, 0) is 32.4 Å². The molecule has 0 N–H and O–H groups in total. The second kappa shape index (κ2) is 9.39. The van der Waals surface area contributed by atoms with Crippen LogP contribution in [0.15, 0.2) is 42.4 Å². The molecule has 21 heavy (non-hydrogen) atoms. The van der Waals surface area contributed by atoms with Gasteiger partial charge in [-0.1, -0.05) is 0 Å². The molecule has 0 aromatic rings. The molecule has 2 aliphatic rings. The number of hydrogen-bond acceptors (Lipinski definition) is 2. The van der Waals surface area contributed by atoms with Gasteiger partial charge in [0.15, 0.2) is 0 Å². The number of rotatable bonds is 6. The van der Waals surface area contributed by atoms with E-state index in [4.69, 9.17) is 9.16 Å². The first-order valence-electron chi connectivity index (χ1n) is 6.88. The Kier molecular flexibility index (Phi) is 9.50. The van der Waals surface area contributed by atoms with Crippen molar-refractivity contribution in [1.29, 1.82) is 0 Å². The van der Waals surface area contributed by atoms with Gasteiger partial charge in [0.05, 0.1) is 0 Å². The van der Waals surface area contributed by atoms with Crippen molar-refractivity contribution in [3.05, 3.63) is 42.4 Å². The zero-order valence-corrected chi connectivity index (χ0v) is 18.2. The Hall–Kier alpha value is 0.240. The summed E-state index contributed by atoms with van der Waals surface area (Å²) in [5.74, 6) is 2.09. The molecule has 0 atom stereocenters. The van der Waals surface area contributed by atoms with E-state index in [1.807, 2.05) is 0 Å². The Bertz CT molecular complexity index is 477. The van der Waals surface area contributed by atoms with Gasteiger partial charge in [-0.2, -0.15) is 0 Å². The van der Waals surface area contributed by atoms with Crippen molar-refractivity contribution in [1.82, 2.24) is 0 Å².